The predicted molar refractivity (Wildman–Crippen MR) is 112 cm³/mol. The maximum atomic E-state index is 12.3. The van der Waals surface area contributed by atoms with Gasteiger partial charge >= 0.3 is 11.9 Å². The van der Waals surface area contributed by atoms with Crippen LogP contribution < -0.4 is 0 Å². The van der Waals surface area contributed by atoms with Crippen molar-refractivity contribution in [1.29, 1.82) is 0 Å². The summed E-state index contributed by atoms with van der Waals surface area (Å²) in [4.78, 5) is 23.7. The summed E-state index contributed by atoms with van der Waals surface area (Å²) in [7, 11) is 0. The lowest BCUT2D eigenvalue weighted by atomic mass is 9.87. The van der Waals surface area contributed by atoms with E-state index in [0.717, 1.165) is 16.7 Å². The van der Waals surface area contributed by atoms with Gasteiger partial charge in [0.05, 0.1) is 12.5 Å². The van der Waals surface area contributed by atoms with E-state index in [1.54, 1.807) is 20.8 Å². The molecule has 0 fully saturated rings. The fraction of sp³-hybridized carbons (Fsp3) is 0.417. The highest BCUT2D eigenvalue weighted by atomic mass is 16.6. The summed E-state index contributed by atoms with van der Waals surface area (Å²) in [6.45, 7) is 4.95. The molecular formula is C24H30O5. The van der Waals surface area contributed by atoms with Crippen LogP contribution in [0, 0.1) is 11.8 Å². The monoisotopic (exact) mass is 398 g/mol. The predicted octanol–water partition coefficient (Wildman–Crippen LogP) is 4.33. The molecule has 156 valence electrons. The van der Waals surface area contributed by atoms with Gasteiger partial charge in [-0.15, -0.1) is 0 Å². The van der Waals surface area contributed by atoms with Crippen molar-refractivity contribution in [2.24, 2.45) is 11.8 Å². The number of aliphatic carboxylic acids is 1. The molecule has 0 aliphatic heterocycles. The first-order valence-corrected chi connectivity index (χ1v) is 9.88. The number of aliphatic hydroxyl groups excluding tert-OH is 1. The number of carboxylic acid groups (broad SMARTS) is 1. The second-order valence-electron chi connectivity index (χ2n) is 8.38. The van der Waals surface area contributed by atoms with Crippen molar-refractivity contribution in [3.05, 3.63) is 60.2 Å². The molecule has 0 aliphatic carbocycles. The van der Waals surface area contributed by atoms with Crippen molar-refractivity contribution >= 4 is 11.9 Å². The van der Waals surface area contributed by atoms with Gasteiger partial charge in [-0.2, -0.15) is 0 Å². The number of hydrogen-bond donors (Lipinski definition) is 2. The zero-order chi connectivity index (χ0) is 21.4. The van der Waals surface area contributed by atoms with Gasteiger partial charge in [0.25, 0.3) is 0 Å². The van der Waals surface area contributed by atoms with Crippen molar-refractivity contribution in [2.75, 3.05) is 6.61 Å². The Balaban J connectivity index is 2.13. The van der Waals surface area contributed by atoms with Gasteiger partial charge in [-0.05, 0) is 56.2 Å². The number of aliphatic hydroxyl groups is 1. The second kappa shape index (κ2) is 10.2. The number of esters is 1. The normalized spacial score (nSPS) is 13.5. The van der Waals surface area contributed by atoms with E-state index in [1.165, 1.54) is 0 Å². The van der Waals surface area contributed by atoms with Gasteiger partial charge in [0.1, 0.15) is 5.60 Å². The Bertz CT molecular complexity index is 790. The number of hydrogen-bond acceptors (Lipinski definition) is 4. The van der Waals surface area contributed by atoms with Gasteiger partial charge in [0.2, 0.25) is 0 Å². The summed E-state index contributed by atoms with van der Waals surface area (Å²) in [5, 5.41) is 18.7. The largest absolute Gasteiger partial charge is 0.481 e. The molecule has 5 heteroatoms. The average Bonchev–Trinajstić information content (AvgIpc) is 2.65. The standard InChI is InChI=1S/C24H30O5/c1-24(2,3)29-22(26)15-18(14-21(16-25)23(27)28)13-17-9-11-20(12-10-17)19-7-5-4-6-8-19/h4-12,18,21,25H,13-16H2,1-3H3,(H,27,28)/t18-,21+/m1/s1. The number of ether oxygens (including phenoxy) is 1. The van der Waals surface area contributed by atoms with Crippen LogP contribution in [0.15, 0.2) is 54.6 Å². The molecule has 0 amide bonds. The fourth-order valence-corrected chi connectivity index (χ4v) is 3.31. The van der Waals surface area contributed by atoms with E-state index in [9.17, 15) is 19.8 Å². The van der Waals surface area contributed by atoms with Crippen LogP contribution in [0.4, 0.5) is 0 Å². The number of rotatable bonds is 9. The van der Waals surface area contributed by atoms with Crippen LogP contribution >= 0.6 is 0 Å². The Morgan fingerprint density at radius 2 is 1.55 bits per heavy atom. The Morgan fingerprint density at radius 3 is 2.07 bits per heavy atom. The Labute approximate surface area is 172 Å². The van der Waals surface area contributed by atoms with Crippen molar-refractivity contribution < 1.29 is 24.5 Å². The third-order valence-corrected chi connectivity index (χ3v) is 4.65. The van der Waals surface area contributed by atoms with Crippen LogP contribution in [-0.2, 0) is 20.7 Å². The van der Waals surface area contributed by atoms with E-state index in [4.69, 9.17) is 4.74 Å². The molecule has 2 atom stereocenters. The molecule has 0 unspecified atom stereocenters. The summed E-state index contributed by atoms with van der Waals surface area (Å²) in [5.74, 6) is -2.54. The van der Waals surface area contributed by atoms with Crippen molar-refractivity contribution in [3.8, 4) is 11.1 Å². The van der Waals surface area contributed by atoms with E-state index >= 15 is 0 Å². The van der Waals surface area contributed by atoms with E-state index in [0.29, 0.717) is 6.42 Å². The zero-order valence-corrected chi connectivity index (χ0v) is 17.3. The first-order valence-electron chi connectivity index (χ1n) is 9.88. The third kappa shape index (κ3) is 7.70. The maximum absolute atomic E-state index is 12.3. The lowest BCUT2D eigenvalue weighted by molar-refractivity contribution is -0.157. The summed E-state index contributed by atoms with van der Waals surface area (Å²) >= 11 is 0. The quantitative estimate of drug-likeness (QED) is 0.614. The Hall–Kier alpha value is -2.66. The van der Waals surface area contributed by atoms with E-state index in [2.05, 4.69) is 0 Å². The van der Waals surface area contributed by atoms with Gasteiger partial charge < -0.3 is 14.9 Å². The smallest absolute Gasteiger partial charge is 0.308 e. The molecule has 5 nitrogen and oxygen atoms in total. The van der Waals surface area contributed by atoms with Gasteiger partial charge in [0.15, 0.2) is 0 Å². The van der Waals surface area contributed by atoms with Crippen molar-refractivity contribution in [1.82, 2.24) is 0 Å². The minimum Gasteiger partial charge on any atom is -0.481 e. The Kier molecular flexibility index (Phi) is 7.97. The molecule has 29 heavy (non-hydrogen) atoms. The Morgan fingerprint density at radius 1 is 0.966 bits per heavy atom. The first-order chi connectivity index (χ1) is 13.7. The summed E-state index contributed by atoms with van der Waals surface area (Å²) in [6.07, 6.45) is 0.866. The van der Waals surface area contributed by atoms with Crippen LogP contribution in [0.3, 0.4) is 0 Å². The minimum absolute atomic E-state index is 0.113. The molecule has 0 aliphatic rings. The lowest BCUT2D eigenvalue weighted by Gasteiger charge is -2.23. The highest BCUT2D eigenvalue weighted by Gasteiger charge is 2.26. The third-order valence-electron chi connectivity index (χ3n) is 4.65. The summed E-state index contributed by atoms with van der Waals surface area (Å²) < 4.78 is 5.41. The molecule has 0 spiro atoms. The van der Waals surface area contributed by atoms with Crippen molar-refractivity contribution in [2.45, 2.75) is 45.6 Å². The topological polar surface area (TPSA) is 83.8 Å². The molecule has 0 saturated carbocycles. The number of carbonyl (C=O) groups excluding carboxylic acids is 1. The molecule has 0 aromatic heterocycles. The minimum atomic E-state index is -1.05. The van der Waals surface area contributed by atoms with E-state index in [1.807, 2.05) is 54.6 Å². The second-order valence-corrected chi connectivity index (χ2v) is 8.38. The molecule has 0 radical (unpaired) electrons. The average molecular weight is 398 g/mol. The summed E-state index contributed by atoms with van der Waals surface area (Å²) in [6, 6.07) is 18.1. The molecule has 0 bridgehead atoms. The lowest BCUT2D eigenvalue weighted by Crippen LogP contribution is -2.28. The zero-order valence-electron chi connectivity index (χ0n) is 17.3. The fourth-order valence-electron chi connectivity index (χ4n) is 3.31. The van der Waals surface area contributed by atoms with Gasteiger partial charge in [0, 0.05) is 6.42 Å². The number of benzene rings is 2. The highest BCUT2D eigenvalue weighted by molar-refractivity contribution is 5.72. The SMILES string of the molecule is CC(C)(C)OC(=O)C[C@H](Cc1ccc(-c2ccccc2)cc1)C[C@@H](CO)C(=O)O. The molecule has 0 saturated heterocycles. The van der Waals surface area contributed by atoms with Gasteiger partial charge in [-0.25, -0.2) is 0 Å². The first kappa shape index (κ1) is 22.6. The van der Waals surface area contributed by atoms with Crippen LogP contribution in [0.2, 0.25) is 0 Å². The van der Waals surface area contributed by atoms with Crippen LogP contribution in [0.5, 0.6) is 0 Å². The molecule has 0 heterocycles. The molecule has 2 N–H and O–H groups in total. The summed E-state index contributed by atoms with van der Waals surface area (Å²) in [5.41, 5.74) is 2.63. The molecule has 2 aromatic carbocycles. The van der Waals surface area contributed by atoms with Crippen LogP contribution in [0.1, 0.15) is 39.2 Å². The highest BCUT2D eigenvalue weighted by Crippen LogP contribution is 2.25. The van der Waals surface area contributed by atoms with E-state index in [-0.39, 0.29) is 24.7 Å². The maximum Gasteiger partial charge on any atom is 0.308 e. The van der Waals surface area contributed by atoms with Gasteiger partial charge in [-0.1, -0.05) is 54.6 Å². The van der Waals surface area contributed by atoms with Crippen LogP contribution in [-0.4, -0.2) is 34.4 Å². The molecular weight excluding hydrogens is 368 g/mol. The number of carboxylic acids is 1. The van der Waals surface area contributed by atoms with Crippen LogP contribution in [0.25, 0.3) is 11.1 Å². The van der Waals surface area contributed by atoms with Crippen molar-refractivity contribution in [3.63, 3.8) is 0 Å². The molecule has 2 rings (SSSR count). The number of carbonyl (C=O) groups is 2. The van der Waals surface area contributed by atoms with E-state index < -0.39 is 24.1 Å². The molecule has 2 aromatic rings. The van der Waals surface area contributed by atoms with Gasteiger partial charge in [-0.3, -0.25) is 9.59 Å².